The summed E-state index contributed by atoms with van der Waals surface area (Å²) >= 11 is 0. The van der Waals surface area contributed by atoms with Crippen LogP contribution in [0.25, 0.3) is 4.85 Å². The summed E-state index contributed by atoms with van der Waals surface area (Å²) < 4.78 is 29.0. The van der Waals surface area contributed by atoms with Crippen LogP contribution in [0.15, 0.2) is 29.2 Å². The molecule has 17 heavy (non-hydrogen) atoms. The molecule has 0 amide bonds. The van der Waals surface area contributed by atoms with E-state index in [9.17, 15) is 8.42 Å². The Morgan fingerprint density at radius 1 is 1.35 bits per heavy atom. The molecule has 0 heterocycles. The molecule has 0 saturated carbocycles. The maximum absolute atomic E-state index is 12.1. The van der Waals surface area contributed by atoms with Crippen molar-refractivity contribution in [1.82, 2.24) is 0 Å². The average molecular weight is 253 g/mol. The van der Waals surface area contributed by atoms with Gasteiger partial charge in [-0.1, -0.05) is 17.7 Å². The molecule has 0 fully saturated rings. The van der Waals surface area contributed by atoms with E-state index in [-0.39, 0.29) is 17.9 Å². The van der Waals surface area contributed by atoms with Crippen LogP contribution in [0, 0.1) is 13.5 Å². The summed E-state index contributed by atoms with van der Waals surface area (Å²) in [6, 6.07) is 6.53. The van der Waals surface area contributed by atoms with E-state index in [0.29, 0.717) is 0 Å². The zero-order valence-electron chi connectivity index (χ0n) is 9.88. The number of aryl methyl sites for hydroxylation is 1. The molecular weight excluding hydrogens is 238 g/mol. The normalized spacial score (nSPS) is 13.0. The number of sulfone groups is 1. The van der Waals surface area contributed by atoms with Crippen LogP contribution in [-0.2, 0) is 14.6 Å². The van der Waals surface area contributed by atoms with Crippen LogP contribution in [0.4, 0.5) is 0 Å². The summed E-state index contributed by atoms with van der Waals surface area (Å²) in [7, 11) is -2.09. The lowest BCUT2D eigenvalue weighted by molar-refractivity contribution is 0.196. The smallest absolute Gasteiger partial charge is 0.327 e. The largest absolute Gasteiger partial charge is 0.384 e. The van der Waals surface area contributed by atoms with Crippen LogP contribution in [0.1, 0.15) is 12.0 Å². The molecule has 0 radical (unpaired) electrons. The van der Waals surface area contributed by atoms with E-state index < -0.39 is 15.2 Å². The molecule has 0 N–H and O–H groups in total. The number of methoxy groups -OCH3 is 1. The lowest BCUT2D eigenvalue weighted by Gasteiger charge is -2.07. The standard InChI is InChI=1S/C12H15NO3S/c1-10-4-6-11(7-5-10)17(14,15)12(13-2)8-9-16-3/h4-7,12H,8-9H2,1,3H3. The molecule has 0 aliphatic carbocycles. The number of hydrogen-bond donors (Lipinski definition) is 0. The third-order valence-corrected chi connectivity index (χ3v) is 4.41. The molecule has 92 valence electrons. The minimum absolute atomic E-state index is 0.191. The number of nitrogens with zero attached hydrogens (tertiary/aromatic N) is 1. The molecule has 1 unspecified atom stereocenters. The van der Waals surface area contributed by atoms with Gasteiger partial charge < -0.3 is 4.74 Å². The summed E-state index contributed by atoms with van der Waals surface area (Å²) in [5.74, 6) is 0. The van der Waals surface area contributed by atoms with Gasteiger partial charge in [0.2, 0.25) is 0 Å². The monoisotopic (exact) mass is 253 g/mol. The fourth-order valence-electron chi connectivity index (χ4n) is 1.39. The Balaban J connectivity index is 3.01. The first-order chi connectivity index (χ1) is 8.02. The van der Waals surface area contributed by atoms with E-state index >= 15 is 0 Å². The highest BCUT2D eigenvalue weighted by atomic mass is 32.2. The van der Waals surface area contributed by atoms with Gasteiger partial charge in [-0.3, -0.25) is 4.85 Å². The third kappa shape index (κ3) is 3.29. The molecular formula is C12H15NO3S. The first-order valence-corrected chi connectivity index (χ1v) is 6.73. The third-order valence-electron chi connectivity index (χ3n) is 2.42. The van der Waals surface area contributed by atoms with Crippen molar-refractivity contribution in [3.05, 3.63) is 41.2 Å². The van der Waals surface area contributed by atoms with Crippen LogP contribution >= 0.6 is 0 Å². The molecule has 4 nitrogen and oxygen atoms in total. The molecule has 1 aromatic carbocycles. The molecule has 0 aliphatic heterocycles. The van der Waals surface area contributed by atoms with Gasteiger partial charge in [-0.05, 0) is 19.1 Å². The second kappa shape index (κ2) is 5.80. The second-order valence-corrected chi connectivity index (χ2v) is 5.83. The maximum atomic E-state index is 12.1. The van der Waals surface area contributed by atoms with Gasteiger partial charge in [-0.25, -0.2) is 15.0 Å². The Hall–Kier alpha value is -1.38. The Kier molecular flexibility index (Phi) is 4.67. The van der Waals surface area contributed by atoms with Crippen molar-refractivity contribution in [2.24, 2.45) is 0 Å². The van der Waals surface area contributed by atoms with Crippen LogP contribution in [0.5, 0.6) is 0 Å². The van der Waals surface area contributed by atoms with Gasteiger partial charge in [0.05, 0.1) is 17.9 Å². The van der Waals surface area contributed by atoms with Crippen molar-refractivity contribution in [2.45, 2.75) is 23.6 Å². The van der Waals surface area contributed by atoms with Crippen LogP contribution < -0.4 is 0 Å². The zero-order valence-corrected chi connectivity index (χ0v) is 10.7. The molecule has 5 heteroatoms. The van der Waals surface area contributed by atoms with E-state index in [1.165, 1.54) is 19.2 Å². The summed E-state index contributed by atoms with van der Waals surface area (Å²) in [6.07, 6.45) is 0.191. The van der Waals surface area contributed by atoms with Crippen LogP contribution in [-0.4, -0.2) is 27.5 Å². The highest BCUT2D eigenvalue weighted by Gasteiger charge is 2.31. The molecule has 0 saturated heterocycles. The molecule has 0 bridgehead atoms. The van der Waals surface area contributed by atoms with Gasteiger partial charge >= 0.3 is 5.37 Å². The fourth-order valence-corrected chi connectivity index (χ4v) is 2.77. The van der Waals surface area contributed by atoms with Crippen molar-refractivity contribution in [3.63, 3.8) is 0 Å². The van der Waals surface area contributed by atoms with E-state index in [4.69, 9.17) is 11.3 Å². The molecule has 1 atom stereocenters. The Morgan fingerprint density at radius 2 is 1.94 bits per heavy atom. The van der Waals surface area contributed by atoms with Crippen molar-refractivity contribution >= 4 is 9.84 Å². The lowest BCUT2D eigenvalue weighted by Crippen LogP contribution is -2.19. The van der Waals surface area contributed by atoms with Gasteiger partial charge in [-0.2, -0.15) is 0 Å². The number of hydrogen-bond acceptors (Lipinski definition) is 3. The fraction of sp³-hybridized carbons (Fsp3) is 0.417. The molecule has 1 rings (SSSR count). The summed E-state index contributed by atoms with van der Waals surface area (Å²) in [4.78, 5) is 3.37. The summed E-state index contributed by atoms with van der Waals surface area (Å²) in [5, 5.41) is -1.06. The SMILES string of the molecule is [C-]#[N+]C(CCOC)S(=O)(=O)c1ccc(C)cc1. The van der Waals surface area contributed by atoms with Crippen LogP contribution in [0.2, 0.25) is 0 Å². The first-order valence-electron chi connectivity index (χ1n) is 5.18. The van der Waals surface area contributed by atoms with Crippen molar-refractivity contribution in [3.8, 4) is 0 Å². The maximum Gasteiger partial charge on any atom is 0.327 e. The molecule has 0 spiro atoms. The second-order valence-electron chi connectivity index (χ2n) is 3.72. The quantitative estimate of drug-likeness (QED) is 0.755. The van der Waals surface area contributed by atoms with E-state index in [1.54, 1.807) is 12.1 Å². The predicted octanol–water partition coefficient (Wildman–Crippen LogP) is 2.05. The van der Waals surface area contributed by atoms with Crippen LogP contribution in [0.3, 0.4) is 0 Å². The minimum atomic E-state index is -3.57. The van der Waals surface area contributed by atoms with Gasteiger partial charge in [0, 0.05) is 7.11 Å². The Labute approximate surface area is 102 Å². The molecule has 0 aliphatic rings. The topological polar surface area (TPSA) is 47.7 Å². The summed E-state index contributed by atoms with van der Waals surface area (Å²) in [6.45, 7) is 9.12. The first kappa shape index (κ1) is 13.7. The lowest BCUT2D eigenvalue weighted by atomic mass is 10.2. The van der Waals surface area contributed by atoms with Gasteiger partial charge in [0.25, 0.3) is 9.84 Å². The highest BCUT2D eigenvalue weighted by Crippen LogP contribution is 2.19. The Bertz CT molecular complexity index is 500. The molecule has 1 aromatic rings. The van der Waals surface area contributed by atoms with Gasteiger partial charge in [0.15, 0.2) is 0 Å². The van der Waals surface area contributed by atoms with E-state index in [2.05, 4.69) is 4.85 Å². The van der Waals surface area contributed by atoms with Gasteiger partial charge in [-0.15, -0.1) is 0 Å². The number of benzene rings is 1. The number of ether oxygens (including phenoxy) is 1. The minimum Gasteiger partial charge on any atom is -0.384 e. The average Bonchev–Trinajstić information content (AvgIpc) is 2.30. The van der Waals surface area contributed by atoms with Crippen molar-refractivity contribution < 1.29 is 13.2 Å². The summed E-state index contributed by atoms with van der Waals surface area (Å²) in [5.41, 5.74) is 0.986. The molecule has 0 aromatic heterocycles. The zero-order chi connectivity index (χ0) is 12.9. The van der Waals surface area contributed by atoms with Crippen molar-refractivity contribution in [2.75, 3.05) is 13.7 Å². The highest BCUT2D eigenvalue weighted by molar-refractivity contribution is 7.92. The Morgan fingerprint density at radius 3 is 2.41 bits per heavy atom. The predicted molar refractivity (Wildman–Crippen MR) is 65.2 cm³/mol. The van der Waals surface area contributed by atoms with Gasteiger partial charge in [0.1, 0.15) is 0 Å². The van der Waals surface area contributed by atoms with E-state index in [0.717, 1.165) is 5.56 Å². The van der Waals surface area contributed by atoms with E-state index in [1.807, 2.05) is 6.92 Å². The van der Waals surface area contributed by atoms with Crippen molar-refractivity contribution in [1.29, 1.82) is 0 Å². The number of rotatable bonds is 5.